The smallest absolute Gasteiger partial charge is 0.0709 e. The van der Waals surface area contributed by atoms with Gasteiger partial charge in [-0.25, -0.2) is 4.98 Å². The maximum atomic E-state index is 4.72. The van der Waals surface area contributed by atoms with Gasteiger partial charge in [-0.15, -0.1) is 0 Å². The molecule has 0 amide bonds. The molecule has 1 aliphatic heterocycles. The van der Waals surface area contributed by atoms with E-state index in [0.29, 0.717) is 6.04 Å². The first-order valence-electron chi connectivity index (χ1n) is 8.88. The molecular weight excluding hydrogens is 304 g/mol. The number of likely N-dealkylation sites (N-methyl/N-ethyl adjacent to an activating group) is 1. The zero-order chi connectivity index (χ0) is 17.6. The molecule has 2 heteroatoms. The summed E-state index contributed by atoms with van der Waals surface area (Å²) in [4.78, 5) is 7.10. The number of hydrogen-bond donors (Lipinski definition) is 0. The van der Waals surface area contributed by atoms with E-state index in [-0.39, 0.29) is 5.41 Å². The molecule has 0 fully saturated rings. The molecule has 1 atom stereocenters. The Kier molecular flexibility index (Phi) is 3.64. The summed E-state index contributed by atoms with van der Waals surface area (Å²) in [7, 11) is 2.19. The van der Waals surface area contributed by atoms with Crippen LogP contribution in [-0.2, 0) is 5.41 Å². The van der Waals surface area contributed by atoms with E-state index in [0.717, 1.165) is 11.2 Å². The zero-order valence-electron chi connectivity index (χ0n) is 15.3. The summed E-state index contributed by atoms with van der Waals surface area (Å²) in [6, 6.07) is 19.7. The lowest BCUT2D eigenvalue weighted by Crippen LogP contribution is -2.36. The minimum absolute atomic E-state index is 0.162. The summed E-state index contributed by atoms with van der Waals surface area (Å²) in [5.41, 5.74) is 6.19. The lowest BCUT2D eigenvalue weighted by Gasteiger charge is -2.28. The topological polar surface area (TPSA) is 16.1 Å². The monoisotopic (exact) mass is 328 g/mol. The zero-order valence-corrected chi connectivity index (χ0v) is 15.3. The molecule has 3 aromatic rings. The Balaban J connectivity index is 1.67. The van der Waals surface area contributed by atoms with Gasteiger partial charge in [-0.3, -0.25) is 0 Å². The number of rotatable bonds is 2. The molecule has 4 rings (SSSR count). The highest BCUT2D eigenvalue weighted by molar-refractivity contribution is 5.81. The third kappa shape index (κ3) is 2.62. The molecule has 0 saturated carbocycles. The van der Waals surface area contributed by atoms with Gasteiger partial charge in [0.2, 0.25) is 0 Å². The van der Waals surface area contributed by atoms with E-state index in [1.165, 1.54) is 22.2 Å². The standard InChI is InChI=1S/C23H24N2/c1-16-23(2,3)20-15-17(10-14-22(20)25(16)4)9-12-19-13-11-18-7-5-6-8-21(18)24-19/h5-16H,1-4H3/b12-9+/t16-/m0/s1. The number of fused-ring (bicyclic) bond motifs is 2. The highest BCUT2D eigenvalue weighted by atomic mass is 15.2. The van der Waals surface area contributed by atoms with Crippen LogP contribution >= 0.6 is 0 Å². The molecule has 25 heavy (non-hydrogen) atoms. The van der Waals surface area contributed by atoms with Crippen molar-refractivity contribution in [1.82, 2.24) is 4.98 Å². The summed E-state index contributed by atoms with van der Waals surface area (Å²) >= 11 is 0. The number of aromatic nitrogens is 1. The molecule has 2 aromatic carbocycles. The van der Waals surface area contributed by atoms with E-state index in [9.17, 15) is 0 Å². The Hall–Kier alpha value is -2.61. The molecule has 0 unspecified atom stereocenters. The second-order valence-electron chi connectivity index (χ2n) is 7.55. The molecule has 0 spiro atoms. The summed E-state index contributed by atoms with van der Waals surface area (Å²) in [5, 5.41) is 1.18. The largest absolute Gasteiger partial charge is 0.371 e. The minimum Gasteiger partial charge on any atom is -0.371 e. The van der Waals surface area contributed by atoms with Crippen molar-refractivity contribution in [2.24, 2.45) is 0 Å². The van der Waals surface area contributed by atoms with Crippen molar-refractivity contribution in [3.05, 3.63) is 71.4 Å². The number of hydrogen-bond acceptors (Lipinski definition) is 2. The van der Waals surface area contributed by atoms with Crippen LogP contribution in [0.2, 0.25) is 0 Å². The van der Waals surface area contributed by atoms with E-state index in [4.69, 9.17) is 4.98 Å². The van der Waals surface area contributed by atoms with Crippen LogP contribution in [-0.4, -0.2) is 18.1 Å². The van der Waals surface area contributed by atoms with Crippen LogP contribution in [0.4, 0.5) is 5.69 Å². The fourth-order valence-corrected chi connectivity index (χ4v) is 3.75. The molecule has 0 bridgehead atoms. The Labute approximate surface area is 149 Å². The number of nitrogens with zero attached hydrogens (tertiary/aromatic N) is 2. The summed E-state index contributed by atoms with van der Waals surface area (Å²) in [6.45, 7) is 6.96. The Morgan fingerprint density at radius 2 is 1.80 bits per heavy atom. The number of anilines is 1. The first-order valence-corrected chi connectivity index (χ1v) is 8.88. The molecule has 2 heterocycles. The SMILES string of the molecule is C[C@@H]1N(C)c2ccc(/C=C/c3ccc4ccccc4n3)cc2C1(C)C. The third-order valence-corrected chi connectivity index (χ3v) is 5.79. The Morgan fingerprint density at radius 1 is 1.00 bits per heavy atom. The van der Waals surface area contributed by atoms with E-state index in [1.54, 1.807) is 0 Å². The quantitative estimate of drug-likeness (QED) is 0.615. The van der Waals surface area contributed by atoms with E-state index >= 15 is 0 Å². The average Bonchev–Trinajstić information content (AvgIpc) is 2.80. The van der Waals surface area contributed by atoms with Crippen molar-refractivity contribution in [3.63, 3.8) is 0 Å². The molecule has 126 valence electrons. The third-order valence-electron chi connectivity index (χ3n) is 5.79. The highest BCUT2D eigenvalue weighted by Gasteiger charge is 2.39. The van der Waals surface area contributed by atoms with Crippen molar-refractivity contribution in [1.29, 1.82) is 0 Å². The Morgan fingerprint density at radius 3 is 2.64 bits per heavy atom. The van der Waals surface area contributed by atoms with Gasteiger partial charge in [0.15, 0.2) is 0 Å². The van der Waals surface area contributed by atoms with Crippen LogP contribution in [0, 0.1) is 0 Å². The molecule has 0 aliphatic carbocycles. The predicted molar refractivity (Wildman–Crippen MR) is 108 cm³/mol. The van der Waals surface area contributed by atoms with Crippen molar-refractivity contribution >= 4 is 28.7 Å². The van der Waals surface area contributed by atoms with Crippen molar-refractivity contribution in [2.75, 3.05) is 11.9 Å². The molecule has 1 aromatic heterocycles. The molecule has 0 N–H and O–H groups in total. The fourth-order valence-electron chi connectivity index (χ4n) is 3.75. The van der Waals surface area contributed by atoms with Gasteiger partial charge in [0.05, 0.1) is 11.2 Å². The van der Waals surface area contributed by atoms with Gasteiger partial charge >= 0.3 is 0 Å². The van der Waals surface area contributed by atoms with Gasteiger partial charge in [-0.2, -0.15) is 0 Å². The fraction of sp³-hybridized carbons (Fsp3) is 0.261. The number of pyridine rings is 1. The lowest BCUT2D eigenvalue weighted by molar-refractivity contribution is 0.454. The van der Waals surface area contributed by atoms with E-state index in [2.05, 4.69) is 87.3 Å². The molecule has 0 saturated heterocycles. The summed E-state index contributed by atoms with van der Waals surface area (Å²) in [6.07, 6.45) is 4.26. The second kappa shape index (κ2) is 5.73. The highest BCUT2D eigenvalue weighted by Crippen LogP contribution is 2.44. The number of para-hydroxylation sites is 1. The summed E-state index contributed by atoms with van der Waals surface area (Å²) in [5.74, 6) is 0. The van der Waals surface area contributed by atoms with Crippen LogP contribution < -0.4 is 4.90 Å². The van der Waals surface area contributed by atoms with Gasteiger partial charge in [0, 0.05) is 29.6 Å². The molecule has 2 nitrogen and oxygen atoms in total. The van der Waals surface area contributed by atoms with Crippen LogP contribution in [0.25, 0.3) is 23.1 Å². The van der Waals surface area contributed by atoms with E-state index < -0.39 is 0 Å². The van der Waals surface area contributed by atoms with Crippen LogP contribution in [0.5, 0.6) is 0 Å². The Bertz CT molecular complexity index is 969. The van der Waals surface area contributed by atoms with Crippen molar-refractivity contribution in [2.45, 2.75) is 32.2 Å². The average molecular weight is 328 g/mol. The molecular formula is C23H24N2. The predicted octanol–water partition coefficient (Wildman–Crippen LogP) is 5.52. The van der Waals surface area contributed by atoms with Gasteiger partial charge in [-0.1, -0.05) is 50.3 Å². The van der Waals surface area contributed by atoms with Gasteiger partial charge in [0.1, 0.15) is 0 Å². The summed E-state index contributed by atoms with van der Waals surface area (Å²) < 4.78 is 0. The maximum absolute atomic E-state index is 4.72. The van der Waals surface area contributed by atoms with Gasteiger partial charge < -0.3 is 4.90 Å². The van der Waals surface area contributed by atoms with Crippen molar-refractivity contribution in [3.8, 4) is 0 Å². The van der Waals surface area contributed by atoms with Crippen LogP contribution in [0.15, 0.2) is 54.6 Å². The van der Waals surface area contributed by atoms with E-state index in [1.807, 2.05) is 12.1 Å². The molecule has 0 radical (unpaired) electrons. The second-order valence-corrected chi connectivity index (χ2v) is 7.55. The van der Waals surface area contributed by atoms with Gasteiger partial charge in [-0.05, 0) is 48.4 Å². The van der Waals surface area contributed by atoms with Crippen LogP contribution in [0.3, 0.4) is 0 Å². The molecule has 1 aliphatic rings. The first kappa shape index (κ1) is 15.9. The first-order chi connectivity index (χ1) is 12.0. The maximum Gasteiger partial charge on any atom is 0.0709 e. The normalized spacial score (nSPS) is 18.9. The van der Waals surface area contributed by atoms with Crippen molar-refractivity contribution < 1.29 is 0 Å². The minimum atomic E-state index is 0.162. The van der Waals surface area contributed by atoms with Gasteiger partial charge in [0.25, 0.3) is 0 Å². The lowest BCUT2D eigenvalue weighted by atomic mass is 9.81. The van der Waals surface area contributed by atoms with Crippen LogP contribution in [0.1, 0.15) is 37.6 Å². The number of benzene rings is 2.